The number of nitrogens with zero attached hydrogens (tertiary/aromatic N) is 1. The molecule has 0 saturated carbocycles. The van der Waals surface area contributed by atoms with Gasteiger partial charge in [-0.3, -0.25) is 4.79 Å². The average Bonchev–Trinajstić information content (AvgIpc) is 3.09. The summed E-state index contributed by atoms with van der Waals surface area (Å²) in [6, 6.07) is 17.4. The molecule has 0 saturated heterocycles. The molecule has 1 N–H and O–H groups in total. The molecule has 0 aliphatic carbocycles. The minimum atomic E-state index is -0.350. The second-order valence-electron chi connectivity index (χ2n) is 6.37. The number of carbonyl (C=O) groups excluding carboxylic acids is 1. The number of hydrogen-bond donors (Lipinski definition) is 1. The summed E-state index contributed by atoms with van der Waals surface area (Å²) < 4.78 is 32.7. The quantitative estimate of drug-likeness (QED) is 0.551. The molecule has 0 aliphatic heterocycles. The van der Waals surface area contributed by atoms with Crippen molar-refractivity contribution in [3.63, 3.8) is 0 Å². The maximum absolute atomic E-state index is 13.8. The molecule has 0 aliphatic rings. The highest BCUT2D eigenvalue weighted by Gasteiger charge is 2.12. The molecular weight excluding hydrogens is 362 g/mol. The van der Waals surface area contributed by atoms with Crippen molar-refractivity contribution in [3.8, 4) is 0 Å². The van der Waals surface area contributed by atoms with Crippen LogP contribution < -0.4 is 5.32 Å². The molecule has 140 valence electrons. The fraction of sp³-hybridized carbons (Fsp3) is 0.0909. The lowest BCUT2D eigenvalue weighted by atomic mass is 10.1. The molecule has 6 heteroatoms. The van der Waals surface area contributed by atoms with Crippen LogP contribution in [0.1, 0.15) is 27.4 Å². The SMILES string of the molecule is O=C(NCc1cccc(F)c1)c1ccc2nc(Cc3ccccc3F)oc2c1. The van der Waals surface area contributed by atoms with Gasteiger partial charge in [-0.1, -0.05) is 30.3 Å². The van der Waals surface area contributed by atoms with Crippen molar-refractivity contribution in [2.24, 2.45) is 0 Å². The summed E-state index contributed by atoms with van der Waals surface area (Å²) in [6.07, 6.45) is 0.225. The lowest BCUT2D eigenvalue weighted by molar-refractivity contribution is 0.0951. The Kier molecular flexibility index (Phi) is 4.85. The van der Waals surface area contributed by atoms with E-state index in [0.717, 1.165) is 0 Å². The maximum Gasteiger partial charge on any atom is 0.251 e. The zero-order valence-corrected chi connectivity index (χ0v) is 14.8. The molecule has 0 fully saturated rings. The first-order chi connectivity index (χ1) is 13.6. The van der Waals surface area contributed by atoms with Gasteiger partial charge in [-0.05, 0) is 47.5 Å². The van der Waals surface area contributed by atoms with E-state index >= 15 is 0 Å². The van der Waals surface area contributed by atoms with Gasteiger partial charge in [0.15, 0.2) is 11.5 Å². The monoisotopic (exact) mass is 378 g/mol. The Labute approximate surface area is 159 Å². The van der Waals surface area contributed by atoms with E-state index in [-0.39, 0.29) is 30.5 Å². The van der Waals surface area contributed by atoms with Crippen LogP contribution in [0.15, 0.2) is 71.1 Å². The van der Waals surface area contributed by atoms with Gasteiger partial charge in [-0.15, -0.1) is 0 Å². The van der Waals surface area contributed by atoms with Gasteiger partial charge in [0.25, 0.3) is 5.91 Å². The van der Waals surface area contributed by atoms with Gasteiger partial charge in [-0.25, -0.2) is 13.8 Å². The van der Waals surface area contributed by atoms with Gasteiger partial charge in [0.05, 0.1) is 6.42 Å². The topological polar surface area (TPSA) is 55.1 Å². The van der Waals surface area contributed by atoms with Crippen LogP contribution >= 0.6 is 0 Å². The summed E-state index contributed by atoms with van der Waals surface area (Å²) in [5.74, 6) is -0.602. The number of fused-ring (bicyclic) bond motifs is 1. The van der Waals surface area contributed by atoms with E-state index < -0.39 is 0 Å². The molecule has 0 spiro atoms. The normalized spacial score (nSPS) is 10.9. The van der Waals surface area contributed by atoms with Crippen molar-refractivity contribution in [3.05, 3.63) is 101 Å². The number of halogens is 2. The number of carbonyl (C=O) groups is 1. The zero-order chi connectivity index (χ0) is 19.5. The van der Waals surface area contributed by atoms with Crippen LogP contribution in [0, 0.1) is 11.6 Å². The Morgan fingerprint density at radius 3 is 2.68 bits per heavy atom. The van der Waals surface area contributed by atoms with Crippen LogP contribution in [-0.4, -0.2) is 10.9 Å². The van der Waals surface area contributed by atoms with Crippen molar-refractivity contribution in [2.75, 3.05) is 0 Å². The molecule has 0 radical (unpaired) electrons. The van der Waals surface area contributed by atoms with Gasteiger partial charge in [0.2, 0.25) is 0 Å². The Morgan fingerprint density at radius 2 is 1.86 bits per heavy atom. The summed E-state index contributed by atoms with van der Waals surface area (Å²) in [6.45, 7) is 0.212. The van der Waals surface area contributed by atoms with E-state index in [1.807, 2.05) is 0 Å². The van der Waals surface area contributed by atoms with Crippen molar-refractivity contribution in [1.82, 2.24) is 10.3 Å². The number of hydrogen-bond acceptors (Lipinski definition) is 3. The van der Waals surface area contributed by atoms with Gasteiger partial charge in [0.1, 0.15) is 17.2 Å². The Balaban J connectivity index is 1.49. The number of benzene rings is 3. The molecule has 28 heavy (non-hydrogen) atoms. The Morgan fingerprint density at radius 1 is 1.00 bits per heavy atom. The summed E-state index contributed by atoms with van der Waals surface area (Å²) in [5.41, 5.74) is 2.60. The van der Waals surface area contributed by atoms with Crippen molar-refractivity contribution >= 4 is 17.0 Å². The van der Waals surface area contributed by atoms with E-state index in [2.05, 4.69) is 10.3 Å². The molecular formula is C22H16F2N2O2. The largest absolute Gasteiger partial charge is 0.440 e. The minimum absolute atomic E-state index is 0.212. The van der Waals surface area contributed by atoms with Crippen LogP contribution in [0.25, 0.3) is 11.1 Å². The standard InChI is InChI=1S/C22H16F2N2O2/c23-17-6-3-4-14(10-17)13-25-22(27)16-8-9-19-20(11-16)28-21(26-19)12-15-5-1-2-7-18(15)24/h1-11H,12-13H2,(H,25,27). The van der Waals surface area contributed by atoms with Crippen molar-refractivity contribution in [2.45, 2.75) is 13.0 Å². The van der Waals surface area contributed by atoms with Crippen molar-refractivity contribution in [1.29, 1.82) is 0 Å². The highest BCUT2D eigenvalue weighted by molar-refractivity contribution is 5.97. The summed E-state index contributed by atoms with van der Waals surface area (Å²) in [7, 11) is 0. The van der Waals surface area contributed by atoms with Gasteiger partial charge < -0.3 is 9.73 Å². The molecule has 1 amide bonds. The fourth-order valence-corrected chi connectivity index (χ4v) is 2.93. The molecule has 3 aromatic carbocycles. The van der Waals surface area contributed by atoms with E-state index in [4.69, 9.17) is 4.42 Å². The molecule has 0 unspecified atom stereocenters. The van der Waals surface area contributed by atoms with Gasteiger partial charge in [0, 0.05) is 12.1 Å². The second-order valence-corrected chi connectivity index (χ2v) is 6.37. The second kappa shape index (κ2) is 7.60. The lowest BCUT2D eigenvalue weighted by Gasteiger charge is -2.05. The lowest BCUT2D eigenvalue weighted by Crippen LogP contribution is -2.22. The van der Waals surface area contributed by atoms with Crippen LogP contribution in [0.4, 0.5) is 8.78 Å². The maximum atomic E-state index is 13.8. The van der Waals surface area contributed by atoms with Gasteiger partial charge >= 0.3 is 0 Å². The van der Waals surface area contributed by atoms with Crippen LogP contribution in [0.5, 0.6) is 0 Å². The number of amides is 1. The molecule has 4 nitrogen and oxygen atoms in total. The first kappa shape index (κ1) is 17.9. The van der Waals surface area contributed by atoms with Crippen molar-refractivity contribution < 1.29 is 18.0 Å². The fourth-order valence-electron chi connectivity index (χ4n) is 2.93. The van der Waals surface area contributed by atoms with E-state index in [0.29, 0.717) is 33.7 Å². The first-order valence-corrected chi connectivity index (χ1v) is 8.74. The Bertz CT molecular complexity index is 1150. The average molecular weight is 378 g/mol. The number of nitrogens with one attached hydrogen (secondary N) is 1. The summed E-state index contributed by atoms with van der Waals surface area (Å²) in [4.78, 5) is 16.7. The van der Waals surface area contributed by atoms with Gasteiger partial charge in [-0.2, -0.15) is 0 Å². The van der Waals surface area contributed by atoms with E-state index in [9.17, 15) is 13.6 Å². The van der Waals surface area contributed by atoms with Crippen LogP contribution in [0.3, 0.4) is 0 Å². The summed E-state index contributed by atoms with van der Waals surface area (Å²) >= 11 is 0. The summed E-state index contributed by atoms with van der Waals surface area (Å²) in [5, 5.41) is 2.74. The highest BCUT2D eigenvalue weighted by atomic mass is 19.1. The molecule has 4 rings (SSSR count). The predicted octanol–water partition coefficient (Wildman–Crippen LogP) is 4.63. The van der Waals surface area contributed by atoms with E-state index in [1.54, 1.807) is 48.5 Å². The third kappa shape index (κ3) is 3.91. The first-order valence-electron chi connectivity index (χ1n) is 8.74. The molecule has 4 aromatic rings. The third-order valence-electron chi connectivity index (χ3n) is 4.34. The number of oxazole rings is 1. The highest BCUT2D eigenvalue weighted by Crippen LogP contribution is 2.20. The van der Waals surface area contributed by atoms with Crippen LogP contribution in [-0.2, 0) is 13.0 Å². The smallest absolute Gasteiger partial charge is 0.251 e. The number of rotatable bonds is 5. The van der Waals surface area contributed by atoms with E-state index in [1.165, 1.54) is 18.2 Å². The molecule has 1 aromatic heterocycles. The third-order valence-corrected chi connectivity index (χ3v) is 4.34. The molecule has 0 bridgehead atoms. The zero-order valence-electron chi connectivity index (χ0n) is 14.8. The minimum Gasteiger partial charge on any atom is -0.440 e. The number of aromatic nitrogens is 1. The predicted molar refractivity (Wildman–Crippen MR) is 101 cm³/mol. The molecule has 1 heterocycles. The molecule has 0 atom stereocenters. The van der Waals surface area contributed by atoms with Crippen LogP contribution in [0.2, 0.25) is 0 Å². The Hall–Kier alpha value is -3.54.